The van der Waals surface area contributed by atoms with Crippen LogP contribution in [0.4, 0.5) is 13.2 Å². The maximum atomic E-state index is 13.0. The van der Waals surface area contributed by atoms with Crippen LogP contribution in [0.2, 0.25) is 0 Å². The number of carbonyl (C=O) groups is 1. The van der Waals surface area contributed by atoms with Crippen molar-refractivity contribution < 1.29 is 32.5 Å². The summed E-state index contributed by atoms with van der Waals surface area (Å²) in [5.74, 6) is -1.14. The molecule has 0 radical (unpaired) electrons. The standard InChI is InChI=1S/C19H14F3N3O4/c1-28-14-9-15(29-2)25-17(24-14)11-6-3-5-10(16(11)18(26)27)12-7-4-8-13(23-12)19(20,21)22/h3-9H,1-2H3,(H,26,27). The van der Waals surface area contributed by atoms with E-state index in [0.29, 0.717) is 0 Å². The highest BCUT2D eigenvalue weighted by molar-refractivity contribution is 6.02. The van der Waals surface area contributed by atoms with Gasteiger partial charge in [-0.15, -0.1) is 0 Å². The summed E-state index contributed by atoms with van der Waals surface area (Å²) in [6, 6.07) is 8.96. The van der Waals surface area contributed by atoms with E-state index >= 15 is 0 Å². The minimum atomic E-state index is -4.67. The second-order valence-corrected chi connectivity index (χ2v) is 5.72. The average Bonchev–Trinajstić information content (AvgIpc) is 2.72. The number of carboxylic acid groups (broad SMARTS) is 1. The molecule has 3 rings (SSSR count). The quantitative estimate of drug-likeness (QED) is 0.687. The van der Waals surface area contributed by atoms with E-state index in [4.69, 9.17) is 9.47 Å². The molecule has 2 heterocycles. The molecule has 1 N–H and O–H groups in total. The molecular formula is C19H14F3N3O4. The lowest BCUT2D eigenvalue weighted by Crippen LogP contribution is -2.10. The zero-order chi connectivity index (χ0) is 21.2. The molecule has 150 valence electrons. The first kappa shape index (κ1) is 20.1. The summed E-state index contributed by atoms with van der Waals surface area (Å²) in [6.07, 6.45) is -4.67. The van der Waals surface area contributed by atoms with Crippen molar-refractivity contribution in [2.75, 3.05) is 14.2 Å². The number of hydrogen-bond donors (Lipinski definition) is 1. The highest BCUT2D eigenvalue weighted by atomic mass is 19.4. The molecule has 0 unspecified atom stereocenters. The molecule has 0 atom stereocenters. The minimum Gasteiger partial charge on any atom is -0.481 e. The molecule has 0 aliphatic heterocycles. The van der Waals surface area contributed by atoms with E-state index in [-0.39, 0.29) is 40.0 Å². The lowest BCUT2D eigenvalue weighted by Gasteiger charge is -2.13. The molecule has 1 aromatic carbocycles. The van der Waals surface area contributed by atoms with Crippen molar-refractivity contribution in [3.8, 4) is 34.4 Å². The van der Waals surface area contributed by atoms with Gasteiger partial charge in [-0.05, 0) is 12.1 Å². The smallest absolute Gasteiger partial charge is 0.433 e. The zero-order valence-corrected chi connectivity index (χ0v) is 15.2. The molecule has 29 heavy (non-hydrogen) atoms. The van der Waals surface area contributed by atoms with Gasteiger partial charge in [0.15, 0.2) is 5.82 Å². The second kappa shape index (κ2) is 7.74. The molecular weight excluding hydrogens is 391 g/mol. The number of nitrogens with zero attached hydrogens (tertiary/aromatic N) is 3. The summed E-state index contributed by atoms with van der Waals surface area (Å²) in [6.45, 7) is 0. The molecule has 10 heteroatoms. The molecule has 0 saturated carbocycles. The molecule has 0 bridgehead atoms. The molecule has 0 aliphatic carbocycles. The number of carboxylic acids is 1. The van der Waals surface area contributed by atoms with E-state index in [1.165, 1.54) is 44.6 Å². The number of benzene rings is 1. The van der Waals surface area contributed by atoms with Gasteiger partial charge in [-0.1, -0.05) is 24.3 Å². The number of rotatable bonds is 5. The van der Waals surface area contributed by atoms with Crippen molar-refractivity contribution >= 4 is 5.97 Å². The molecule has 0 amide bonds. The van der Waals surface area contributed by atoms with Crippen LogP contribution in [0.15, 0.2) is 42.5 Å². The number of aromatic carboxylic acids is 1. The van der Waals surface area contributed by atoms with Crippen LogP contribution in [0.5, 0.6) is 11.8 Å². The van der Waals surface area contributed by atoms with Gasteiger partial charge in [0.1, 0.15) is 5.69 Å². The molecule has 2 aromatic heterocycles. The molecule has 7 nitrogen and oxygen atoms in total. The van der Waals surface area contributed by atoms with Crippen LogP contribution in [-0.4, -0.2) is 40.2 Å². The predicted molar refractivity (Wildman–Crippen MR) is 95.8 cm³/mol. The summed E-state index contributed by atoms with van der Waals surface area (Å²) in [7, 11) is 2.74. The summed E-state index contributed by atoms with van der Waals surface area (Å²) in [5, 5.41) is 9.78. The Balaban J connectivity index is 2.25. The molecule has 0 aliphatic rings. The van der Waals surface area contributed by atoms with Gasteiger partial charge in [-0.2, -0.15) is 23.1 Å². The number of ether oxygens (including phenoxy) is 2. The van der Waals surface area contributed by atoms with E-state index in [1.54, 1.807) is 0 Å². The third-order valence-corrected chi connectivity index (χ3v) is 3.93. The van der Waals surface area contributed by atoms with Crippen molar-refractivity contribution in [2.24, 2.45) is 0 Å². The fourth-order valence-corrected chi connectivity index (χ4v) is 2.66. The average molecular weight is 405 g/mol. The number of hydrogen-bond acceptors (Lipinski definition) is 6. The lowest BCUT2D eigenvalue weighted by atomic mass is 9.97. The van der Waals surface area contributed by atoms with E-state index < -0.39 is 17.8 Å². The second-order valence-electron chi connectivity index (χ2n) is 5.72. The van der Waals surface area contributed by atoms with Crippen molar-refractivity contribution in [3.05, 3.63) is 53.7 Å². The van der Waals surface area contributed by atoms with Crippen molar-refractivity contribution in [2.45, 2.75) is 6.18 Å². The Bertz CT molecular complexity index is 1050. The van der Waals surface area contributed by atoms with E-state index in [9.17, 15) is 23.1 Å². The fourth-order valence-electron chi connectivity index (χ4n) is 2.66. The first-order valence-corrected chi connectivity index (χ1v) is 8.13. The first-order valence-electron chi connectivity index (χ1n) is 8.13. The van der Waals surface area contributed by atoms with Gasteiger partial charge in [-0.3, -0.25) is 0 Å². The maximum absolute atomic E-state index is 13.0. The maximum Gasteiger partial charge on any atom is 0.433 e. The summed E-state index contributed by atoms with van der Waals surface area (Å²) in [5.41, 5.74) is -1.50. The van der Waals surface area contributed by atoms with Gasteiger partial charge < -0.3 is 14.6 Å². The van der Waals surface area contributed by atoms with Crippen molar-refractivity contribution in [3.63, 3.8) is 0 Å². The highest BCUT2D eigenvalue weighted by Crippen LogP contribution is 2.34. The van der Waals surface area contributed by atoms with Gasteiger partial charge in [-0.25, -0.2) is 9.78 Å². The third-order valence-electron chi connectivity index (χ3n) is 3.93. The highest BCUT2D eigenvalue weighted by Gasteiger charge is 2.33. The Labute approximate surface area is 162 Å². The number of aromatic nitrogens is 3. The molecule has 0 fully saturated rings. The SMILES string of the molecule is COc1cc(OC)nc(-c2cccc(-c3cccc(C(F)(F)F)n3)c2C(=O)O)n1. The van der Waals surface area contributed by atoms with Gasteiger partial charge in [0, 0.05) is 11.1 Å². The molecule has 0 saturated heterocycles. The first-order chi connectivity index (χ1) is 13.7. The normalized spacial score (nSPS) is 11.2. The van der Waals surface area contributed by atoms with E-state index in [0.717, 1.165) is 12.1 Å². The van der Waals surface area contributed by atoms with E-state index in [2.05, 4.69) is 15.0 Å². The topological polar surface area (TPSA) is 94.4 Å². The Kier molecular flexibility index (Phi) is 5.35. The van der Waals surface area contributed by atoms with Gasteiger partial charge in [0.25, 0.3) is 0 Å². The monoisotopic (exact) mass is 405 g/mol. The van der Waals surface area contributed by atoms with Crippen LogP contribution in [0.1, 0.15) is 16.1 Å². The lowest BCUT2D eigenvalue weighted by molar-refractivity contribution is -0.141. The molecule has 3 aromatic rings. The van der Waals surface area contributed by atoms with Gasteiger partial charge in [0.05, 0.1) is 31.5 Å². The van der Waals surface area contributed by atoms with Crippen LogP contribution in [-0.2, 0) is 6.18 Å². The minimum absolute atomic E-state index is 0.00788. The zero-order valence-electron chi connectivity index (χ0n) is 15.2. The number of pyridine rings is 1. The number of halogens is 3. The summed E-state index contributed by atoms with van der Waals surface area (Å²) < 4.78 is 49.2. The predicted octanol–water partition coefficient (Wildman–Crippen LogP) is 3.94. The van der Waals surface area contributed by atoms with Crippen LogP contribution < -0.4 is 9.47 Å². The molecule has 0 spiro atoms. The largest absolute Gasteiger partial charge is 0.481 e. The van der Waals surface area contributed by atoms with Crippen LogP contribution in [0.25, 0.3) is 22.6 Å². The Morgan fingerprint density at radius 1 is 0.931 bits per heavy atom. The number of methoxy groups -OCH3 is 2. The van der Waals surface area contributed by atoms with Crippen LogP contribution in [0, 0.1) is 0 Å². The van der Waals surface area contributed by atoms with Crippen LogP contribution >= 0.6 is 0 Å². The Morgan fingerprint density at radius 3 is 2.07 bits per heavy atom. The third kappa shape index (κ3) is 4.10. The van der Waals surface area contributed by atoms with Crippen molar-refractivity contribution in [1.82, 2.24) is 15.0 Å². The number of alkyl halides is 3. The van der Waals surface area contributed by atoms with Crippen molar-refractivity contribution in [1.29, 1.82) is 0 Å². The fraction of sp³-hybridized carbons (Fsp3) is 0.158. The summed E-state index contributed by atoms with van der Waals surface area (Å²) in [4.78, 5) is 23.8. The van der Waals surface area contributed by atoms with Crippen LogP contribution in [0.3, 0.4) is 0 Å². The summed E-state index contributed by atoms with van der Waals surface area (Å²) >= 11 is 0. The Hall–Kier alpha value is -3.69. The van der Waals surface area contributed by atoms with E-state index in [1.807, 2.05) is 0 Å². The Morgan fingerprint density at radius 2 is 1.52 bits per heavy atom. The van der Waals surface area contributed by atoms with Gasteiger partial charge in [0.2, 0.25) is 11.8 Å². The van der Waals surface area contributed by atoms with Gasteiger partial charge >= 0.3 is 12.1 Å².